The predicted molar refractivity (Wildman–Crippen MR) is 91.2 cm³/mol. The Morgan fingerprint density at radius 2 is 2.12 bits per heavy atom. The van der Waals surface area contributed by atoms with E-state index in [2.05, 4.69) is 17.2 Å². The quantitative estimate of drug-likeness (QED) is 0.575. The van der Waals surface area contributed by atoms with E-state index in [0.29, 0.717) is 13.2 Å². The molecule has 1 aromatic carbocycles. The number of benzene rings is 1. The number of halogens is 1. The Bertz CT molecular complexity index is 692. The normalized spacial score (nSPS) is 10.4. The molecule has 0 aliphatic heterocycles. The SMILES string of the molecule is CCCCCOc1cccc(CNC(=O)c2ccc(F)nc2N)c1. The van der Waals surface area contributed by atoms with E-state index in [4.69, 9.17) is 10.5 Å². The summed E-state index contributed by atoms with van der Waals surface area (Å²) in [5, 5.41) is 2.74. The number of nitrogens with one attached hydrogen (secondary N) is 1. The lowest BCUT2D eigenvalue weighted by Crippen LogP contribution is -2.24. The molecule has 0 unspecified atom stereocenters. The maximum Gasteiger partial charge on any atom is 0.255 e. The number of carbonyl (C=O) groups is 1. The number of amides is 1. The summed E-state index contributed by atoms with van der Waals surface area (Å²) in [5.74, 6) is -0.451. The number of hydrogen-bond acceptors (Lipinski definition) is 4. The van der Waals surface area contributed by atoms with E-state index in [1.54, 1.807) is 0 Å². The number of carbonyl (C=O) groups excluding carboxylic acids is 1. The number of hydrogen-bond donors (Lipinski definition) is 2. The number of unbranched alkanes of at least 4 members (excludes halogenated alkanes) is 2. The van der Waals surface area contributed by atoms with Crippen molar-refractivity contribution < 1.29 is 13.9 Å². The lowest BCUT2D eigenvalue weighted by molar-refractivity contribution is 0.0951. The molecule has 6 heteroatoms. The predicted octanol–water partition coefficient (Wildman–Crippen LogP) is 3.30. The highest BCUT2D eigenvalue weighted by molar-refractivity contribution is 5.98. The van der Waals surface area contributed by atoms with Gasteiger partial charge in [-0.1, -0.05) is 31.9 Å². The fourth-order valence-electron chi connectivity index (χ4n) is 2.21. The highest BCUT2D eigenvalue weighted by Gasteiger charge is 2.11. The molecule has 2 aromatic rings. The van der Waals surface area contributed by atoms with Gasteiger partial charge < -0.3 is 15.8 Å². The molecular weight excluding hydrogens is 309 g/mol. The molecule has 0 aliphatic rings. The second-order valence-corrected chi connectivity index (χ2v) is 5.45. The Kier molecular flexibility index (Phi) is 6.54. The molecule has 1 aromatic heterocycles. The average Bonchev–Trinajstić information content (AvgIpc) is 2.57. The lowest BCUT2D eigenvalue weighted by atomic mass is 10.2. The molecule has 128 valence electrons. The maximum absolute atomic E-state index is 12.9. The third kappa shape index (κ3) is 5.22. The first-order valence-electron chi connectivity index (χ1n) is 8.02. The molecule has 0 spiro atoms. The van der Waals surface area contributed by atoms with Crippen molar-refractivity contribution in [1.82, 2.24) is 10.3 Å². The van der Waals surface area contributed by atoms with Gasteiger partial charge in [-0.2, -0.15) is 4.39 Å². The summed E-state index contributed by atoms with van der Waals surface area (Å²) < 4.78 is 18.6. The monoisotopic (exact) mass is 331 g/mol. The fraction of sp³-hybridized carbons (Fsp3) is 0.333. The standard InChI is InChI=1S/C18H22FN3O2/c1-2-3-4-10-24-14-7-5-6-13(11-14)12-21-18(23)15-8-9-16(19)22-17(15)20/h5-9,11H,2-4,10,12H2,1H3,(H2,20,22)(H,21,23). The van der Waals surface area contributed by atoms with Crippen LogP contribution in [0.3, 0.4) is 0 Å². The van der Waals surface area contributed by atoms with Crippen LogP contribution in [0.25, 0.3) is 0 Å². The summed E-state index contributed by atoms with van der Waals surface area (Å²) in [4.78, 5) is 15.5. The third-order valence-electron chi connectivity index (χ3n) is 3.50. The van der Waals surface area contributed by atoms with E-state index < -0.39 is 11.9 Å². The van der Waals surface area contributed by atoms with Gasteiger partial charge in [0.05, 0.1) is 12.2 Å². The summed E-state index contributed by atoms with van der Waals surface area (Å²) in [7, 11) is 0. The first-order chi connectivity index (χ1) is 11.6. The minimum Gasteiger partial charge on any atom is -0.494 e. The van der Waals surface area contributed by atoms with Crippen LogP contribution in [-0.4, -0.2) is 17.5 Å². The number of pyridine rings is 1. The van der Waals surface area contributed by atoms with Gasteiger partial charge >= 0.3 is 0 Å². The van der Waals surface area contributed by atoms with Crippen LogP contribution in [0.15, 0.2) is 36.4 Å². The van der Waals surface area contributed by atoms with Crippen molar-refractivity contribution in [2.45, 2.75) is 32.7 Å². The Balaban J connectivity index is 1.90. The molecule has 5 nitrogen and oxygen atoms in total. The number of nitrogens with zero attached hydrogens (tertiary/aromatic N) is 1. The first kappa shape index (κ1) is 17.7. The van der Waals surface area contributed by atoms with Gasteiger partial charge in [-0.15, -0.1) is 0 Å². The van der Waals surface area contributed by atoms with Crippen LogP contribution in [0.2, 0.25) is 0 Å². The van der Waals surface area contributed by atoms with Gasteiger partial charge in [-0.3, -0.25) is 4.79 Å². The van der Waals surface area contributed by atoms with Gasteiger partial charge in [-0.25, -0.2) is 4.98 Å². The molecule has 0 saturated carbocycles. The topological polar surface area (TPSA) is 77.2 Å². The molecule has 0 radical (unpaired) electrons. The van der Waals surface area contributed by atoms with Crippen LogP contribution in [0.4, 0.5) is 10.2 Å². The molecule has 24 heavy (non-hydrogen) atoms. The highest BCUT2D eigenvalue weighted by atomic mass is 19.1. The fourth-order valence-corrected chi connectivity index (χ4v) is 2.21. The molecular formula is C18H22FN3O2. The van der Waals surface area contributed by atoms with Gasteiger partial charge in [0.1, 0.15) is 11.6 Å². The van der Waals surface area contributed by atoms with Crippen LogP contribution >= 0.6 is 0 Å². The van der Waals surface area contributed by atoms with Crippen LogP contribution in [0.1, 0.15) is 42.1 Å². The highest BCUT2D eigenvalue weighted by Crippen LogP contribution is 2.15. The number of aromatic nitrogens is 1. The van der Waals surface area contributed by atoms with Crippen molar-refractivity contribution in [1.29, 1.82) is 0 Å². The average molecular weight is 331 g/mol. The second kappa shape index (κ2) is 8.86. The zero-order valence-electron chi connectivity index (χ0n) is 13.7. The summed E-state index contributed by atoms with van der Waals surface area (Å²) in [6, 6.07) is 9.98. The van der Waals surface area contributed by atoms with E-state index >= 15 is 0 Å². The molecule has 3 N–H and O–H groups in total. The zero-order valence-corrected chi connectivity index (χ0v) is 13.7. The van der Waals surface area contributed by atoms with Crippen LogP contribution in [0, 0.1) is 5.95 Å². The zero-order chi connectivity index (χ0) is 17.4. The van der Waals surface area contributed by atoms with E-state index in [9.17, 15) is 9.18 Å². The lowest BCUT2D eigenvalue weighted by Gasteiger charge is -2.09. The van der Waals surface area contributed by atoms with Crippen molar-refractivity contribution in [3.63, 3.8) is 0 Å². The molecule has 0 bridgehead atoms. The van der Waals surface area contributed by atoms with E-state index in [1.807, 2.05) is 24.3 Å². The first-order valence-corrected chi connectivity index (χ1v) is 8.02. The maximum atomic E-state index is 12.9. The Hall–Kier alpha value is -2.63. The molecule has 1 amide bonds. The van der Waals surface area contributed by atoms with Gasteiger partial charge in [0, 0.05) is 6.54 Å². The number of nitrogens with two attached hydrogens (primary N) is 1. The Labute approximate surface area is 141 Å². The molecule has 1 heterocycles. The number of nitrogen functional groups attached to an aromatic ring is 1. The largest absolute Gasteiger partial charge is 0.494 e. The Morgan fingerprint density at radius 1 is 1.29 bits per heavy atom. The third-order valence-corrected chi connectivity index (χ3v) is 3.50. The van der Waals surface area contributed by atoms with Gasteiger partial charge in [-0.05, 0) is 36.2 Å². The van der Waals surface area contributed by atoms with Crippen LogP contribution in [-0.2, 0) is 6.54 Å². The summed E-state index contributed by atoms with van der Waals surface area (Å²) in [6.45, 7) is 3.15. The van der Waals surface area contributed by atoms with Crippen molar-refractivity contribution in [3.05, 3.63) is 53.5 Å². The van der Waals surface area contributed by atoms with Crippen molar-refractivity contribution in [3.8, 4) is 5.75 Å². The minimum absolute atomic E-state index is 0.125. The van der Waals surface area contributed by atoms with Crippen LogP contribution < -0.4 is 15.8 Å². The summed E-state index contributed by atoms with van der Waals surface area (Å²) in [6.07, 6.45) is 3.31. The smallest absolute Gasteiger partial charge is 0.255 e. The van der Waals surface area contributed by atoms with Crippen LogP contribution in [0.5, 0.6) is 5.75 Å². The van der Waals surface area contributed by atoms with Gasteiger partial charge in [0.25, 0.3) is 5.91 Å². The Morgan fingerprint density at radius 3 is 2.88 bits per heavy atom. The summed E-state index contributed by atoms with van der Waals surface area (Å²) >= 11 is 0. The van der Waals surface area contributed by atoms with E-state index in [1.165, 1.54) is 6.07 Å². The number of rotatable bonds is 8. The second-order valence-electron chi connectivity index (χ2n) is 5.45. The molecule has 0 aliphatic carbocycles. The van der Waals surface area contributed by atoms with Gasteiger partial charge in [0.15, 0.2) is 0 Å². The molecule has 0 atom stereocenters. The molecule has 0 fully saturated rings. The van der Waals surface area contributed by atoms with Crippen molar-refractivity contribution >= 4 is 11.7 Å². The molecule has 0 saturated heterocycles. The molecule has 2 rings (SSSR count). The number of anilines is 1. The van der Waals surface area contributed by atoms with Crippen molar-refractivity contribution in [2.75, 3.05) is 12.3 Å². The minimum atomic E-state index is -0.711. The van der Waals surface area contributed by atoms with Gasteiger partial charge in [0.2, 0.25) is 5.95 Å². The van der Waals surface area contributed by atoms with Crippen molar-refractivity contribution in [2.24, 2.45) is 0 Å². The van der Waals surface area contributed by atoms with E-state index in [0.717, 1.165) is 36.6 Å². The summed E-state index contributed by atoms with van der Waals surface area (Å²) in [5.41, 5.74) is 6.63. The van der Waals surface area contributed by atoms with E-state index in [-0.39, 0.29) is 11.4 Å². The number of ether oxygens (including phenoxy) is 1.